The van der Waals surface area contributed by atoms with Crippen molar-refractivity contribution in [3.63, 3.8) is 0 Å². The maximum absolute atomic E-state index is 12.7. The normalized spacial score (nSPS) is 16.1. The van der Waals surface area contributed by atoms with Crippen molar-refractivity contribution >= 4 is 15.8 Å². The lowest BCUT2D eigenvalue weighted by molar-refractivity contribution is 0.231. The number of aryl methyl sites for hydroxylation is 1. The van der Waals surface area contributed by atoms with E-state index in [0.29, 0.717) is 42.8 Å². The van der Waals surface area contributed by atoms with Crippen molar-refractivity contribution in [1.29, 1.82) is 0 Å². The molecular formula is C18H24N4O3S. The first-order chi connectivity index (χ1) is 12.4. The first-order valence-electron chi connectivity index (χ1n) is 8.69. The fourth-order valence-corrected chi connectivity index (χ4v) is 4.33. The van der Waals surface area contributed by atoms with Crippen LogP contribution in [-0.4, -0.2) is 55.0 Å². The van der Waals surface area contributed by atoms with Gasteiger partial charge in [-0.25, -0.2) is 13.4 Å². The van der Waals surface area contributed by atoms with Crippen molar-refractivity contribution in [1.82, 2.24) is 14.3 Å². The number of sulfonamides is 1. The Hall–Kier alpha value is -2.19. The Balaban J connectivity index is 1.72. The van der Waals surface area contributed by atoms with Gasteiger partial charge in [0.05, 0.1) is 11.0 Å². The number of hydrogen-bond donors (Lipinski definition) is 0. The van der Waals surface area contributed by atoms with Gasteiger partial charge in [0, 0.05) is 32.2 Å². The van der Waals surface area contributed by atoms with Gasteiger partial charge >= 0.3 is 0 Å². The van der Waals surface area contributed by atoms with Crippen LogP contribution in [0.3, 0.4) is 0 Å². The summed E-state index contributed by atoms with van der Waals surface area (Å²) in [5.41, 5.74) is 0. The molecule has 7 nitrogen and oxygen atoms in total. The molecular weight excluding hydrogens is 352 g/mol. The summed E-state index contributed by atoms with van der Waals surface area (Å²) in [6.45, 7) is 7.70. The van der Waals surface area contributed by atoms with Crippen LogP contribution in [0, 0.1) is 6.92 Å². The molecule has 1 aliphatic rings. The van der Waals surface area contributed by atoms with Gasteiger partial charge in [-0.3, -0.25) is 0 Å². The van der Waals surface area contributed by atoms with Gasteiger partial charge in [-0.05, 0) is 32.9 Å². The summed E-state index contributed by atoms with van der Waals surface area (Å²) in [6, 6.07) is 10.4. The standard InChI is InChI=1S/C18H24N4O3S/c1-14(2)25-18-13-17(19-15(3)20-18)21-9-11-22(12-10-21)26(23,24)16-7-5-4-6-8-16/h4-8,13-14H,9-12H2,1-3H3. The molecule has 1 fully saturated rings. The molecule has 2 aromatic rings. The van der Waals surface area contributed by atoms with Crippen LogP contribution >= 0.6 is 0 Å². The third-order valence-electron chi connectivity index (χ3n) is 4.10. The summed E-state index contributed by atoms with van der Waals surface area (Å²) >= 11 is 0. The third kappa shape index (κ3) is 4.13. The van der Waals surface area contributed by atoms with Crippen molar-refractivity contribution in [2.24, 2.45) is 0 Å². The molecule has 0 bridgehead atoms. The second-order valence-electron chi connectivity index (χ2n) is 6.48. The minimum Gasteiger partial charge on any atom is -0.475 e. The molecule has 0 atom stereocenters. The molecule has 3 rings (SSSR count). The Labute approximate surface area is 154 Å². The molecule has 0 radical (unpaired) electrons. The number of hydrogen-bond acceptors (Lipinski definition) is 6. The highest BCUT2D eigenvalue weighted by Crippen LogP contribution is 2.22. The monoisotopic (exact) mass is 376 g/mol. The number of anilines is 1. The summed E-state index contributed by atoms with van der Waals surface area (Å²) in [6.07, 6.45) is 0.0324. The van der Waals surface area contributed by atoms with E-state index in [1.165, 1.54) is 4.31 Å². The van der Waals surface area contributed by atoms with Crippen molar-refractivity contribution in [3.05, 3.63) is 42.2 Å². The lowest BCUT2D eigenvalue weighted by Crippen LogP contribution is -2.49. The van der Waals surface area contributed by atoms with Crippen molar-refractivity contribution in [2.75, 3.05) is 31.1 Å². The Morgan fingerprint density at radius 2 is 1.69 bits per heavy atom. The smallest absolute Gasteiger partial charge is 0.243 e. The van der Waals surface area contributed by atoms with Gasteiger partial charge < -0.3 is 9.64 Å². The first kappa shape index (κ1) is 18.6. The summed E-state index contributed by atoms with van der Waals surface area (Å²) in [7, 11) is -3.45. The van der Waals surface area contributed by atoms with E-state index in [-0.39, 0.29) is 6.10 Å². The van der Waals surface area contributed by atoms with Gasteiger partial charge in [0.1, 0.15) is 11.6 Å². The predicted molar refractivity (Wildman–Crippen MR) is 99.9 cm³/mol. The molecule has 0 saturated carbocycles. The van der Waals surface area contributed by atoms with E-state index in [0.717, 1.165) is 5.82 Å². The van der Waals surface area contributed by atoms with Crippen LogP contribution in [0.2, 0.25) is 0 Å². The molecule has 0 spiro atoms. The summed E-state index contributed by atoms with van der Waals surface area (Å²) < 4.78 is 32.6. The van der Waals surface area contributed by atoms with Gasteiger partial charge in [0.25, 0.3) is 0 Å². The Morgan fingerprint density at radius 1 is 1.04 bits per heavy atom. The number of ether oxygens (including phenoxy) is 1. The number of benzene rings is 1. The molecule has 1 aromatic carbocycles. The average Bonchev–Trinajstić information content (AvgIpc) is 2.61. The van der Waals surface area contributed by atoms with Crippen LogP contribution < -0.4 is 9.64 Å². The molecule has 140 valence electrons. The van der Waals surface area contributed by atoms with Crippen LogP contribution in [0.15, 0.2) is 41.3 Å². The Morgan fingerprint density at radius 3 is 2.31 bits per heavy atom. The highest BCUT2D eigenvalue weighted by molar-refractivity contribution is 7.89. The van der Waals surface area contributed by atoms with E-state index in [1.54, 1.807) is 24.3 Å². The molecule has 1 aromatic heterocycles. The molecule has 8 heteroatoms. The number of rotatable bonds is 5. The number of piperazine rings is 1. The zero-order valence-corrected chi connectivity index (χ0v) is 16.1. The summed E-state index contributed by atoms with van der Waals surface area (Å²) in [5, 5.41) is 0. The topological polar surface area (TPSA) is 75.6 Å². The van der Waals surface area contributed by atoms with Crippen LogP contribution in [-0.2, 0) is 10.0 Å². The SMILES string of the molecule is Cc1nc(OC(C)C)cc(N2CCN(S(=O)(=O)c3ccccc3)CC2)n1. The van der Waals surface area contributed by atoms with Gasteiger partial charge in [0.15, 0.2) is 0 Å². The zero-order chi connectivity index (χ0) is 18.7. The average molecular weight is 376 g/mol. The largest absolute Gasteiger partial charge is 0.475 e. The summed E-state index contributed by atoms with van der Waals surface area (Å²) in [5.74, 6) is 1.95. The third-order valence-corrected chi connectivity index (χ3v) is 6.01. The molecule has 0 unspecified atom stereocenters. The van der Waals surface area contributed by atoms with Crippen molar-refractivity contribution in [3.8, 4) is 5.88 Å². The molecule has 0 aliphatic carbocycles. The fourth-order valence-electron chi connectivity index (χ4n) is 2.89. The van der Waals surface area contributed by atoms with Crippen LogP contribution in [0.1, 0.15) is 19.7 Å². The van der Waals surface area contributed by atoms with Gasteiger partial charge in [-0.1, -0.05) is 18.2 Å². The lowest BCUT2D eigenvalue weighted by atomic mass is 10.3. The van der Waals surface area contributed by atoms with Gasteiger partial charge in [-0.2, -0.15) is 9.29 Å². The maximum Gasteiger partial charge on any atom is 0.243 e. The molecule has 1 saturated heterocycles. The van der Waals surface area contributed by atoms with E-state index in [9.17, 15) is 8.42 Å². The maximum atomic E-state index is 12.7. The second kappa shape index (κ2) is 7.59. The zero-order valence-electron chi connectivity index (χ0n) is 15.3. The fraction of sp³-hybridized carbons (Fsp3) is 0.444. The highest BCUT2D eigenvalue weighted by atomic mass is 32.2. The van der Waals surface area contributed by atoms with Crippen molar-refractivity contribution < 1.29 is 13.2 Å². The van der Waals surface area contributed by atoms with Crippen LogP contribution in [0.5, 0.6) is 5.88 Å². The van der Waals surface area contributed by atoms with Crippen LogP contribution in [0.4, 0.5) is 5.82 Å². The number of aromatic nitrogens is 2. The second-order valence-corrected chi connectivity index (χ2v) is 8.42. The van der Waals surface area contributed by atoms with E-state index in [1.807, 2.05) is 32.9 Å². The minimum atomic E-state index is -3.45. The van der Waals surface area contributed by atoms with E-state index in [2.05, 4.69) is 14.9 Å². The summed E-state index contributed by atoms with van der Waals surface area (Å²) in [4.78, 5) is 11.2. The van der Waals surface area contributed by atoms with Gasteiger partial charge in [-0.15, -0.1) is 0 Å². The molecule has 2 heterocycles. The molecule has 0 amide bonds. The van der Waals surface area contributed by atoms with E-state index >= 15 is 0 Å². The number of nitrogens with zero attached hydrogens (tertiary/aromatic N) is 4. The molecule has 1 aliphatic heterocycles. The van der Waals surface area contributed by atoms with Crippen molar-refractivity contribution in [2.45, 2.75) is 31.8 Å². The van der Waals surface area contributed by atoms with E-state index < -0.39 is 10.0 Å². The Bertz CT molecular complexity index is 848. The Kier molecular flexibility index (Phi) is 5.43. The highest BCUT2D eigenvalue weighted by Gasteiger charge is 2.29. The minimum absolute atomic E-state index is 0.0324. The van der Waals surface area contributed by atoms with Crippen LogP contribution in [0.25, 0.3) is 0 Å². The molecule has 26 heavy (non-hydrogen) atoms. The molecule has 0 N–H and O–H groups in total. The van der Waals surface area contributed by atoms with Gasteiger partial charge in [0.2, 0.25) is 15.9 Å². The lowest BCUT2D eigenvalue weighted by Gasteiger charge is -2.34. The first-order valence-corrected chi connectivity index (χ1v) is 10.1. The predicted octanol–water partition coefficient (Wildman–Crippen LogP) is 2.08. The van der Waals surface area contributed by atoms with E-state index in [4.69, 9.17) is 4.74 Å². The quantitative estimate of drug-likeness (QED) is 0.795.